The van der Waals surface area contributed by atoms with Crippen LogP contribution in [0.1, 0.15) is 30.8 Å². The Labute approximate surface area is 127 Å². The molecule has 2 unspecified atom stereocenters. The molecule has 0 amide bonds. The first-order valence-corrected chi connectivity index (χ1v) is 7.71. The first-order valence-electron chi connectivity index (χ1n) is 7.04. The Balaban J connectivity index is 1.90. The van der Waals surface area contributed by atoms with Gasteiger partial charge in [-0.3, -0.25) is 0 Å². The van der Waals surface area contributed by atoms with E-state index in [4.69, 9.17) is 4.74 Å². The molecule has 112 valence electrons. The molecule has 0 bridgehead atoms. The summed E-state index contributed by atoms with van der Waals surface area (Å²) in [4.78, 5) is 0. The lowest BCUT2D eigenvalue weighted by Crippen LogP contribution is -2.15. The highest BCUT2D eigenvalue weighted by atomic mass is 31.0. The van der Waals surface area contributed by atoms with Crippen molar-refractivity contribution in [2.24, 2.45) is 0 Å². The van der Waals surface area contributed by atoms with E-state index in [1.807, 2.05) is 38.1 Å². The third kappa shape index (κ3) is 5.11. The molecule has 0 heterocycles. The van der Waals surface area contributed by atoms with Crippen molar-refractivity contribution in [1.29, 1.82) is 0 Å². The molecule has 2 aromatic rings. The Hall–Kier alpha value is -1.44. The molecule has 0 saturated carbocycles. The van der Waals surface area contributed by atoms with Gasteiger partial charge in [0.1, 0.15) is 11.6 Å². The van der Waals surface area contributed by atoms with Gasteiger partial charge in [-0.1, -0.05) is 24.3 Å². The molecule has 2 rings (SSSR count). The van der Waals surface area contributed by atoms with Crippen LogP contribution < -0.4 is 10.1 Å². The Morgan fingerprint density at radius 3 is 2.24 bits per heavy atom. The minimum atomic E-state index is -0.207. The standard InChI is InChI=1S/C17H21FNOP/c1-12(2)20-16-9-5-14(6-10-16)17(21)19-11-13-3-7-15(18)8-4-13/h3-10,12,17,19H,11,21H2,1-2H3. The van der Waals surface area contributed by atoms with Crippen molar-refractivity contribution in [1.82, 2.24) is 5.32 Å². The van der Waals surface area contributed by atoms with Gasteiger partial charge in [0.25, 0.3) is 0 Å². The average Bonchev–Trinajstić information content (AvgIpc) is 2.46. The lowest BCUT2D eigenvalue weighted by atomic mass is 10.2. The fraction of sp³-hybridized carbons (Fsp3) is 0.294. The summed E-state index contributed by atoms with van der Waals surface area (Å²) in [6.07, 6.45) is 0.180. The first kappa shape index (κ1) is 15.9. The second kappa shape index (κ2) is 7.53. The van der Waals surface area contributed by atoms with Crippen LogP contribution in [0.2, 0.25) is 0 Å². The Bertz CT molecular complexity index is 554. The maximum Gasteiger partial charge on any atom is 0.123 e. The lowest BCUT2D eigenvalue weighted by Gasteiger charge is -2.15. The number of nitrogens with one attached hydrogen (secondary N) is 1. The van der Waals surface area contributed by atoms with Crippen molar-refractivity contribution in [2.75, 3.05) is 0 Å². The zero-order chi connectivity index (χ0) is 15.2. The number of halogens is 1. The molecule has 0 aliphatic carbocycles. The predicted octanol–water partition coefficient (Wildman–Crippen LogP) is 4.28. The summed E-state index contributed by atoms with van der Waals surface area (Å²) in [6, 6.07) is 14.6. The number of hydrogen-bond acceptors (Lipinski definition) is 2. The van der Waals surface area contributed by atoms with E-state index >= 15 is 0 Å². The number of ether oxygens (including phenoxy) is 1. The van der Waals surface area contributed by atoms with Gasteiger partial charge in [-0.05, 0) is 49.2 Å². The molecule has 0 fully saturated rings. The Morgan fingerprint density at radius 2 is 1.67 bits per heavy atom. The van der Waals surface area contributed by atoms with E-state index < -0.39 is 0 Å². The largest absolute Gasteiger partial charge is 0.491 e. The highest BCUT2D eigenvalue weighted by molar-refractivity contribution is 7.17. The molecule has 0 aliphatic heterocycles. The number of benzene rings is 2. The lowest BCUT2D eigenvalue weighted by molar-refractivity contribution is 0.242. The van der Waals surface area contributed by atoms with Gasteiger partial charge in [0.05, 0.1) is 6.10 Å². The van der Waals surface area contributed by atoms with Crippen LogP contribution in [0.15, 0.2) is 48.5 Å². The van der Waals surface area contributed by atoms with Crippen LogP contribution in [0.25, 0.3) is 0 Å². The molecular formula is C17H21FNOP. The van der Waals surface area contributed by atoms with Gasteiger partial charge < -0.3 is 10.1 Å². The van der Waals surface area contributed by atoms with E-state index in [0.717, 1.165) is 11.3 Å². The van der Waals surface area contributed by atoms with Crippen LogP contribution in [0.3, 0.4) is 0 Å². The SMILES string of the molecule is CC(C)Oc1ccc(C(P)NCc2ccc(F)cc2)cc1. The van der Waals surface area contributed by atoms with E-state index in [0.29, 0.717) is 6.54 Å². The molecular weight excluding hydrogens is 284 g/mol. The van der Waals surface area contributed by atoms with Crippen molar-refractivity contribution in [3.8, 4) is 5.75 Å². The summed E-state index contributed by atoms with van der Waals surface area (Å²) in [7, 11) is 2.78. The third-order valence-electron chi connectivity index (χ3n) is 3.05. The minimum Gasteiger partial charge on any atom is -0.491 e. The molecule has 0 saturated heterocycles. The molecule has 2 nitrogen and oxygen atoms in total. The van der Waals surface area contributed by atoms with E-state index in [-0.39, 0.29) is 17.7 Å². The van der Waals surface area contributed by atoms with Crippen LogP contribution in [0.4, 0.5) is 4.39 Å². The molecule has 21 heavy (non-hydrogen) atoms. The maximum absolute atomic E-state index is 12.8. The molecule has 0 radical (unpaired) electrons. The fourth-order valence-electron chi connectivity index (χ4n) is 1.97. The van der Waals surface area contributed by atoms with Gasteiger partial charge in [-0.15, -0.1) is 9.24 Å². The Kier molecular flexibility index (Phi) is 5.72. The van der Waals surface area contributed by atoms with E-state index in [2.05, 4.69) is 14.6 Å². The van der Waals surface area contributed by atoms with Gasteiger partial charge in [0.15, 0.2) is 0 Å². The van der Waals surface area contributed by atoms with Gasteiger partial charge in [0, 0.05) is 12.3 Å². The quantitative estimate of drug-likeness (QED) is 0.804. The second-order valence-corrected chi connectivity index (χ2v) is 5.89. The van der Waals surface area contributed by atoms with E-state index in [1.54, 1.807) is 12.1 Å². The zero-order valence-electron chi connectivity index (χ0n) is 12.3. The maximum atomic E-state index is 12.8. The molecule has 2 aromatic carbocycles. The first-order chi connectivity index (χ1) is 10.0. The summed E-state index contributed by atoms with van der Waals surface area (Å²) in [5, 5.41) is 3.39. The van der Waals surface area contributed by atoms with Crippen LogP contribution in [0, 0.1) is 5.82 Å². The summed E-state index contributed by atoms with van der Waals surface area (Å²) >= 11 is 0. The number of hydrogen-bond donors (Lipinski definition) is 1. The van der Waals surface area contributed by atoms with Crippen LogP contribution in [0.5, 0.6) is 5.75 Å². The summed E-state index contributed by atoms with van der Waals surface area (Å²) in [6.45, 7) is 4.71. The summed E-state index contributed by atoms with van der Waals surface area (Å²) < 4.78 is 18.5. The van der Waals surface area contributed by atoms with Crippen molar-refractivity contribution >= 4 is 9.24 Å². The number of rotatable bonds is 6. The Morgan fingerprint density at radius 1 is 1.05 bits per heavy atom. The highest BCUT2D eigenvalue weighted by Crippen LogP contribution is 2.23. The third-order valence-corrected chi connectivity index (χ3v) is 3.67. The predicted molar refractivity (Wildman–Crippen MR) is 87.9 cm³/mol. The molecule has 0 spiro atoms. The zero-order valence-corrected chi connectivity index (χ0v) is 13.5. The van der Waals surface area contributed by atoms with Gasteiger partial charge in [-0.25, -0.2) is 4.39 Å². The normalized spacial score (nSPS) is 12.4. The smallest absolute Gasteiger partial charge is 0.123 e. The minimum absolute atomic E-state index is 0.142. The van der Waals surface area contributed by atoms with E-state index in [9.17, 15) is 4.39 Å². The molecule has 4 heteroatoms. The van der Waals surface area contributed by atoms with Gasteiger partial charge >= 0.3 is 0 Å². The van der Waals surface area contributed by atoms with Crippen LogP contribution in [-0.2, 0) is 6.54 Å². The van der Waals surface area contributed by atoms with Gasteiger partial charge in [0.2, 0.25) is 0 Å². The molecule has 0 aromatic heterocycles. The topological polar surface area (TPSA) is 21.3 Å². The van der Waals surface area contributed by atoms with Crippen LogP contribution in [-0.4, -0.2) is 6.10 Å². The molecule has 2 atom stereocenters. The average molecular weight is 305 g/mol. The molecule has 1 N–H and O–H groups in total. The van der Waals surface area contributed by atoms with Crippen molar-refractivity contribution in [3.63, 3.8) is 0 Å². The van der Waals surface area contributed by atoms with E-state index in [1.165, 1.54) is 17.7 Å². The summed E-state index contributed by atoms with van der Waals surface area (Å²) in [5.74, 6) is 0.814. The van der Waals surface area contributed by atoms with Crippen molar-refractivity contribution in [3.05, 3.63) is 65.5 Å². The molecule has 0 aliphatic rings. The highest BCUT2D eigenvalue weighted by Gasteiger charge is 2.06. The fourth-order valence-corrected chi connectivity index (χ4v) is 2.31. The monoisotopic (exact) mass is 305 g/mol. The second-order valence-electron chi connectivity index (χ2n) is 5.22. The van der Waals surface area contributed by atoms with Gasteiger partial charge in [-0.2, -0.15) is 0 Å². The van der Waals surface area contributed by atoms with Crippen molar-refractivity contribution < 1.29 is 9.13 Å². The van der Waals surface area contributed by atoms with Crippen LogP contribution >= 0.6 is 9.24 Å². The van der Waals surface area contributed by atoms with Crippen molar-refractivity contribution in [2.45, 2.75) is 32.3 Å². The summed E-state index contributed by atoms with van der Waals surface area (Å²) in [5.41, 5.74) is 2.22.